The Labute approximate surface area is 147 Å². The number of hydrogen-bond donors (Lipinski definition) is 0. The number of halogens is 3. The van der Waals surface area contributed by atoms with Crippen molar-refractivity contribution in [3.05, 3.63) is 18.0 Å². The van der Waals surface area contributed by atoms with Crippen LogP contribution in [-0.2, 0) is 6.18 Å². The molecule has 136 valence electrons. The number of hydrogen-bond acceptors (Lipinski definition) is 6. The average Bonchev–Trinajstić information content (AvgIpc) is 3.06. The molecule has 2 aliphatic rings. The first-order valence-electron chi connectivity index (χ1n) is 8.39. The Balaban J connectivity index is 1.49. The van der Waals surface area contributed by atoms with Crippen LogP contribution in [0.2, 0.25) is 0 Å². The SMILES string of the molecule is FC(F)(F)c1nnc2ccc(N3CCC(N4CCSCC4)CC3)nn12. The first-order valence-corrected chi connectivity index (χ1v) is 9.54. The van der Waals surface area contributed by atoms with Crippen molar-refractivity contribution in [2.24, 2.45) is 0 Å². The van der Waals surface area contributed by atoms with Gasteiger partial charge in [-0.25, -0.2) is 0 Å². The summed E-state index contributed by atoms with van der Waals surface area (Å²) in [6.07, 6.45) is -2.54. The van der Waals surface area contributed by atoms with Crippen molar-refractivity contribution in [1.82, 2.24) is 24.7 Å². The molecule has 2 saturated heterocycles. The maximum Gasteiger partial charge on any atom is 0.453 e. The lowest BCUT2D eigenvalue weighted by Gasteiger charge is -2.40. The smallest absolute Gasteiger partial charge is 0.355 e. The summed E-state index contributed by atoms with van der Waals surface area (Å²) < 4.78 is 39.8. The third-order valence-corrected chi connectivity index (χ3v) is 5.80. The average molecular weight is 372 g/mol. The van der Waals surface area contributed by atoms with Crippen molar-refractivity contribution in [1.29, 1.82) is 0 Å². The lowest BCUT2D eigenvalue weighted by Crippen LogP contribution is -2.48. The minimum absolute atomic E-state index is 0.108. The highest BCUT2D eigenvalue weighted by Gasteiger charge is 2.38. The first kappa shape index (κ1) is 16.9. The quantitative estimate of drug-likeness (QED) is 0.805. The predicted octanol–water partition coefficient (Wildman–Crippen LogP) is 2.16. The highest BCUT2D eigenvalue weighted by Crippen LogP contribution is 2.28. The van der Waals surface area contributed by atoms with Gasteiger partial charge in [-0.3, -0.25) is 4.90 Å². The summed E-state index contributed by atoms with van der Waals surface area (Å²) in [6.45, 7) is 3.87. The molecule has 25 heavy (non-hydrogen) atoms. The number of piperidine rings is 1. The summed E-state index contributed by atoms with van der Waals surface area (Å²) in [6, 6.07) is 3.84. The Bertz CT molecular complexity index is 734. The molecule has 0 amide bonds. The lowest BCUT2D eigenvalue weighted by atomic mass is 10.0. The first-order chi connectivity index (χ1) is 12.0. The molecule has 0 bridgehead atoms. The van der Waals surface area contributed by atoms with Crippen LogP contribution in [0.1, 0.15) is 18.7 Å². The number of rotatable bonds is 2. The van der Waals surface area contributed by atoms with Crippen molar-refractivity contribution < 1.29 is 13.2 Å². The van der Waals surface area contributed by atoms with Gasteiger partial charge in [-0.05, 0) is 25.0 Å². The fraction of sp³-hybridized carbons (Fsp3) is 0.667. The van der Waals surface area contributed by atoms with Gasteiger partial charge in [-0.15, -0.1) is 15.3 Å². The van der Waals surface area contributed by atoms with Gasteiger partial charge in [-0.1, -0.05) is 0 Å². The Morgan fingerprint density at radius 3 is 2.40 bits per heavy atom. The molecule has 0 aromatic carbocycles. The summed E-state index contributed by atoms with van der Waals surface area (Å²) in [4.78, 5) is 4.60. The predicted molar refractivity (Wildman–Crippen MR) is 89.9 cm³/mol. The van der Waals surface area contributed by atoms with E-state index in [2.05, 4.69) is 25.1 Å². The molecule has 2 aromatic heterocycles. The zero-order chi connectivity index (χ0) is 17.4. The molecule has 2 fully saturated rings. The van der Waals surface area contributed by atoms with Gasteiger partial charge in [0.05, 0.1) is 0 Å². The van der Waals surface area contributed by atoms with Gasteiger partial charge in [-0.2, -0.15) is 29.4 Å². The van der Waals surface area contributed by atoms with E-state index in [4.69, 9.17) is 0 Å². The Kier molecular flexibility index (Phi) is 4.48. The normalized spacial score (nSPS) is 21.2. The number of alkyl halides is 3. The Hall–Kier alpha value is -1.55. The minimum atomic E-state index is -4.57. The number of fused-ring (bicyclic) bond motifs is 1. The summed E-state index contributed by atoms with van der Waals surface area (Å²) in [5.74, 6) is 1.84. The second-order valence-electron chi connectivity index (χ2n) is 6.35. The van der Waals surface area contributed by atoms with E-state index in [0.29, 0.717) is 11.9 Å². The van der Waals surface area contributed by atoms with E-state index in [0.717, 1.165) is 43.5 Å². The van der Waals surface area contributed by atoms with E-state index in [9.17, 15) is 13.2 Å². The zero-order valence-electron chi connectivity index (χ0n) is 13.6. The van der Waals surface area contributed by atoms with Crippen molar-refractivity contribution in [2.75, 3.05) is 42.6 Å². The van der Waals surface area contributed by atoms with E-state index in [1.807, 2.05) is 11.8 Å². The van der Waals surface area contributed by atoms with Gasteiger partial charge in [0.15, 0.2) is 5.65 Å². The van der Waals surface area contributed by atoms with Crippen LogP contribution in [0.15, 0.2) is 12.1 Å². The van der Waals surface area contributed by atoms with Crippen molar-refractivity contribution >= 4 is 23.2 Å². The molecule has 2 aliphatic heterocycles. The molecular weight excluding hydrogens is 353 g/mol. The molecule has 0 N–H and O–H groups in total. The second-order valence-corrected chi connectivity index (χ2v) is 7.57. The molecule has 0 saturated carbocycles. The van der Waals surface area contributed by atoms with E-state index >= 15 is 0 Å². The largest absolute Gasteiger partial charge is 0.453 e. The molecule has 2 aromatic rings. The standard InChI is InChI=1S/C15H19F3N6S/c16-15(17,18)14-20-19-12-1-2-13(21-24(12)14)23-5-3-11(4-6-23)22-7-9-25-10-8-22/h1-2,11H,3-10H2. The van der Waals surface area contributed by atoms with Crippen LogP contribution in [-0.4, -0.2) is 68.4 Å². The summed E-state index contributed by atoms with van der Waals surface area (Å²) in [7, 11) is 0. The van der Waals surface area contributed by atoms with Crippen LogP contribution in [0.3, 0.4) is 0 Å². The fourth-order valence-electron chi connectivity index (χ4n) is 3.53. The van der Waals surface area contributed by atoms with Gasteiger partial charge in [0.1, 0.15) is 5.82 Å². The van der Waals surface area contributed by atoms with Crippen LogP contribution in [0.4, 0.5) is 19.0 Å². The fourth-order valence-corrected chi connectivity index (χ4v) is 4.46. The lowest BCUT2D eigenvalue weighted by molar-refractivity contribution is -0.146. The molecular formula is C15H19F3N6S. The highest BCUT2D eigenvalue weighted by atomic mass is 32.2. The Morgan fingerprint density at radius 2 is 1.72 bits per heavy atom. The third kappa shape index (κ3) is 3.41. The van der Waals surface area contributed by atoms with Crippen molar-refractivity contribution in [3.63, 3.8) is 0 Å². The number of thioether (sulfide) groups is 1. The molecule has 4 rings (SSSR count). The van der Waals surface area contributed by atoms with E-state index in [1.54, 1.807) is 12.1 Å². The molecule has 0 aliphatic carbocycles. The van der Waals surface area contributed by atoms with Crippen LogP contribution in [0.25, 0.3) is 5.65 Å². The third-order valence-electron chi connectivity index (χ3n) is 4.85. The molecule has 0 spiro atoms. The van der Waals surface area contributed by atoms with E-state index < -0.39 is 12.0 Å². The van der Waals surface area contributed by atoms with Crippen molar-refractivity contribution in [3.8, 4) is 0 Å². The van der Waals surface area contributed by atoms with Gasteiger partial charge in [0.25, 0.3) is 5.82 Å². The van der Waals surface area contributed by atoms with E-state index in [-0.39, 0.29) is 5.65 Å². The van der Waals surface area contributed by atoms with Gasteiger partial charge >= 0.3 is 6.18 Å². The van der Waals surface area contributed by atoms with Crippen LogP contribution in [0, 0.1) is 0 Å². The number of nitrogens with zero attached hydrogens (tertiary/aromatic N) is 6. The number of anilines is 1. The molecule has 0 radical (unpaired) electrons. The van der Waals surface area contributed by atoms with Crippen LogP contribution >= 0.6 is 11.8 Å². The summed E-state index contributed by atoms with van der Waals surface area (Å²) in [5, 5.41) is 10.9. The summed E-state index contributed by atoms with van der Waals surface area (Å²) in [5.41, 5.74) is 0.108. The highest BCUT2D eigenvalue weighted by molar-refractivity contribution is 7.99. The second kappa shape index (κ2) is 6.64. The summed E-state index contributed by atoms with van der Waals surface area (Å²) >= 11 is 2.00. The van der Waals surface area contributed by atoms with Gasteiger partial charge in [0, 0.05) is 43.7 Å². The molecule has 0 atom stereocenters. The van der Waals surface area contributed by atoms with Gasteiger partial charge < -0.3 is 4.90 Å². The maximum atomic E-state index is 13.0. The Morgan fingerprint density at radius 1 is 1.00 bits per heavy atom. The minimum Gasteiger partial charge on any atom is -0.355 e. The molecule has 10 heteroatoms. The van der Waals surface area contributed by atoms with Crippen molar-refractivity contribution in [2.45, 2.75) is 25.1 Å². The molecule has 4 heterocycles. The van der Waals surface area contributed by atoms with Crippen LogP contribution in [0.5, 0.6) is 0 Å². The topological polar surface area (TPSA) is 49.6 Å². The van der Waals surface area contributed by atoms with Crippen LogP contribution < -0.4 is 4.90 Å². The molecule has 6 nitrogen and oxygen atoms in total. The monoisotopic (exact) mass is 372 g/mol. The maximum absolute atomic E-state index is 13.0. The number of aromatic nitrogens is 4. The van der Waals surface area contributed by atoms with Gasteiger partial charge in [0.2, 0.25) is 0 Å². The molecule has 0 unspecified atom stereocenters. The zero-order valence-corrected chi connectivity index (χ0v) is 14.4. The van der Waals surface area contributed by atoms with E-state index in [1.165, 1.54) is 11.5 Å².